The van der Waals surface area contributed by atoms with Crippen LogP contribution in [-0.4, -0.2) is 14.5 Å². The number of hydrogen-bond donors (Lipinski definition) is 1. The summed E-state index contributed by atoms with van der Waals surface area (Å²) in [5.41, 5.74) is 1.16. The second-order valence-corrected chi connectivity index (χ2v) is 6.68. The summed E-state index contributed by atoms with van der Waals surface area (Å²) >= 11 is 15.4. The molecular weight excluding hydrogens is 397 g/mol. The minimum atomic E-state index is -2.51. The normalized spacial score (nSPS) is 11.9. The molecule has 128 valence electrons. The third-order valence-corrected chi connectivity index (χ3v) is 4.21. The summed E-state index contributed by atoms with van der Waals surface area (Å²) in [6, 6.07) is 7.49. The van der Waals surface area contributed by atoms with E-state index in [1.54, 1.807) is 0 Å². The fraction of sp³-hybridized carbons (Fsp3) is 0.133. The number of anilines is 1. The molecule has 5 nitrogen and oxygen atoms in total. The average Bonchev–Trinajstić information content (AvgIpc) is 2.46. The monoisotopic (exact) mass is 406 g/mol. The minimum absolute atomic E-state index is 0.0538. The number of ketones is 1. The van der Waals surface area contributed by atoms with Gasteiger partial charge in [-0.05, 0) is 37.3 Å². The second kappa shape index (κ2) is 8.18. The molecule has 0 saturated carbocycles. The van der Waals surface area contributed by atoms with Gasteiger partial charge >= 0.3 is 0 Å². The first-order valence-corrected chi connectivity index (χ1v) is 8.76. The number of nitrogens with one attached hydrogen (secondary N) is 1. The Morgan fingerprint density at radius 1 is 1.21 bits per heavy atom. The van der Waals surface area contributed by atoms with Gasteiger partial charge in [0.05, 0.1) is 15.7 Å². The van der Waals surface area contributed by atoms with Crippen LogP contribution >= 0.6 is 34.8 Å². The molecule has 0 aromatic heterocycles. The third-order valence-electron chi connectivity index (χ3n) is 3.04. The van der Waals surface area contributed by atoms with Crippen LogP contribution in [-0.2, 0) is 17.9 Å². The van der Waals surface area contributed by atoms with Gasteiger partial charge in [0, 0.05) is 27.4 Å². The number of carbonyl (C=O) groups excluding carboxylic acids is 1. The average molecular weight is 408 g/mol. The second-order valence-electron chi connectivity index (χ2n) is 4.75. The molecule has 1 atom stereocenters. The van der Waals surface area contributed by atoms with Gasteiger partial charge in [-0.15, -0.1) is 0 Å². The van der Waals surface area contributed by atoms with Crippen LogP contribution < -0.4 is 9.46 Å². The molecule has 0 fully saturated rings. The highest BCUT2D eigenvalue weighted by Gasteiger charge is 2.12. The van der Waals surface area contributed by atoms with Crippen molar-refractivity contribution in [1.29, 1.82) is 0 Å². The highest BCUT2D eigenvalue weighted by Crippen LogP contribution is 2.36. The van der Waals surface area contributed by atoms with Crippen LogP contribution in [0.25, 0.3) is 0 Å². The first-order valence-electron chi connectivity index (χ1n) is 6.55. The molecule has 0 aliphatic heterocycles. The number of benzene rings is 2. The predicted molar refractivity (Wildman–Crippen MR) is 94.8 cm³/mol. The summed E-state index contributed by atoms with van der Waals surface area (Å²) in [5.74, 6) is 0.0544. The SMILES string of the molecule is CC(=O)c1ccc(NS(=O)[O-])c(COc2c(Cl)cc(Cl)cc2Cl)c1. The van der Waals surface area contributed by atoms with Gasteiger partial charge in [0.1, 0.15) is 6.61 Å². The fourth-order valence-electron chi connectivity index (χ4n) is 1.94. The van der Waals surface area contributed by atoms with Crippen molar-refractivity contribution in [3.8, 4) is 5.75 Å². The summed E-state index contributed by atoms with van der Waals surface area (Å²) in [7, 11) is 0. The highest BCUT2D eigenvalue weighted by molar-refractivity contribution is 7.80. The number of halogens is 3. The standard InChI is InChI=1S/C15H12Cl3NO4S/c1-8(20)9-2-3-14(19-24(21)22)10(4-9)7-23-15-12(17)5-11(16)6-13(15)18/h2-6,19H,7H2,1H3,(H,21,22)/p-1. The summed E-state index contributed by atoms with van der Waals surface area (Å²) < 4.78 is 29.6. The van der Waals surface area contributed by atoms with E-state index >= 15 is 0 Å². The Bertz CT molecular complexity index is 790. The maximum atomic E-state index is 11.5. The smallest absolute Gasteiger partial charge is 0.159 e. The van der Waals surface area contributed by atoms with Crippen molar-refractivity contribution in [2.24, 2.45) is 0 Å². The third kappa shape index (κ3) is 4.84. The summed E-state index contributed by atoms with van der Waals surface area (Å²) in [6.45, 7) is 1.35. The van der Waals surface area contributed by atoms with Gasteiger partial charge in [0.25, 0.3) is 0 Å². The topological polar surface area (TPSA) is 78.5 Å². The number of rotatable bonds is 6. The van der Waals surface area contributed by atoms with Crippen LogP contribution in [0, 0.1) is 0 Å². The molecule has 1 N–H and O–H groups in total. The zero-order valence-electron chi connectivity index (χ0n) is 12.3. The Hall–Kier alpha value is -1.31. The quantitative estimate of drug-likeness (QED) is 0.559. The van der Waals surface area contributed by atoms with Crippen LogP contribution in [0.15, 0.2) is 30.3 Å². The van der Waals surface area contributed by atoms with Crippen LogP contribution in [0.4, 0.5) is 5.69 Å². The van der Waals surface area contributed by atoms with Gasteiger partial charge in [-0.25, -0.2) is 0 Å². The van der Waals surface area contributed by atoms with Crippen LogP contribution in [0.1, 0.15) is 22.8 Å². The molecule has 0 spiro atoms. The van der Waals surface area contributed by atoms with E-state index in [0.29, 0.717) is 16.1 Å². The van der Waals surface area contributed by atoms with Gasteiger partial charge in [-0.2, -0.15) is 0 Å². The number of carbonyl (C=O) groups is 1. The van der Waals surface area contributed by atoms with Crippen molar-refractivity contribution in [3.05, 3.63) is 56.5 Å². The molecular formula is C15H11Cl3NO4S-. The molecule has 2 aromatic carbocycles. The largest absolute Gasteiger partial charge is 0.755 e. The van der Waals surface area contributed by atoms with E-state index < -0.39 is 11.3 Å². The van der Waals surface area contributed by atoms with Crippen molar-refractivity contribution in [1.82, 2.24) is 0 Å². The summed E-state index contributed by atoms with van der Waals surface area (Å²) in [5, 5.41) is 0.800. The molecule has 0 saturated heterocycles. The summed E-state index contributed by atoms with van der Waals surface area (Å²) in [6.07, 6.45) is 0. The molecule has 0 aliphatic rings. The first kappa shape index (κ1) is 19.0. The first-order chi connectivity index (χ1) is 11.3. The lowest BCUT2D eigenvalue weighted by Crippen LogP contribution is -2.08. The molecule has 0 heterocycles. The molecule has 0 bridgehead atoms. The molecule has 0 amide bonds. The molecule has 0 aliphatic carbocycles. The van der Waals surface area contributed by atoms with E-state index in [9.17, 15) is 13.6 Å². The van der Waals surface area contributed by atoms with Gasteiger partial charge in [-0.3, -0.25) is 9.00 Å². The highest BCUT2D eigenvalue weighted by atomic mass is 35.5. The lowest BCUT2D eigenvalue weighted by molar-refractivity contribution is 0.101. The Kier molecular flexibility index (Phi) is 6.48. The van der Waals surface area contributed by atoms with Gasteiger partial charge in [0.15, 0.2) is 11.5 Å². The molecule has 9 heteroatoms. The van der Waals surface area contributed by atoms with E-state index in [4.69, 9.17) is 39.5 Å². The lowest BCUT2D eigenvalue weighted by Gasteiger charge is -2.16. The molecule has 24 heavy (non-hydrogen) atoms. The Morgan fingerprint density at radius 2 is 1.83 bits per heavy atom. The van der Waals surface area contributed by atoms with E-state index in [-0.39, 0.29) is 33.9 Å². The van der Waals surface area contributed by atoms with Crippen molar-refractivity contribution in [2.45, 2.75) is 13.5 Å². The van der Waals surface area contributed by atoms with Crippen molar-refractivity contribution in [2.75, 3.05) is 4.72 Å². The van der Waals surface area contributed by atoms with E-state index in [1.807, 2.05) is 0 Å². The minimum Gasteiger partial charge on any atom is -0.755 e. The fourth-order valence-corrected chi connectivity index (χ4v) is 3.24. The molecule has 2 rings (SSSR count). The Morgan fingerprint density at radius 3 is 2.38 bits per heavy atom. The molecule has 0 radical (unpaired) electrons. The zero-order valence-corrected chi connectivity index (χ0v) is 15.4. The van der Waals surface area contributed by atoms with Gasteiger partial charge < -0.3 is 14.0 Å². The molecule has 1 unspecified atom stereocenters. The Balaban J connectivity index is 2.32. The lowest BCUT2D eigenvalue weighted by atomic mass is 10.1. The maximum absolute atomic E-state index is 11.5. The number of hydrogen-bond acceptors (Lipinski definition) is 4. The predicted octanol–water partition coefficient (Wildman–Crippen LogP) is 4.63. The van der Waals surface area contributed by atoms with Crippen LogP contribution in [0.5, 0.6) is 5.75 Å². The zero-order chi connectivity index (χ0) is 17.9. The maximum Gasteiger partial charge on any atom is 0.159 e. The van der Waals surface area contributed by atoms with Crippen LogP contribution in [0.2, 0.25) is 15.1 Å². The van der Waals surface area contributed by atoms with Crippen LogP contribution in [0.3, 0.4) is 0 Å². The van der Waals surface area contributed by atoms with E-state index in [1.165, 1.54) is 37.3 Å². The van der Waals surface area contributed by atoms with Gasteiger partial charge in [-0.1, -0.05) is 34.8 Å². The Labute approximate surface area is 156 Å². The van der Waals surface area contributed by atoms with Crippen molar-refractivity contribution in [3.63, 3.8) is 0 Å². The molecule has 2 aromatic rings. The van der Waals surface area contributed by atoms with E-state index in [2.05, 4.69) is 4.72 Å². The summed E-state index contributed by atoms with van der Waals surface area (Å²) in [4.78, 5) is 11.5. The van der Waals surface area contributed by atoms with Gasteiger partial charge in [0.2, 0.25) is 0 Å². The van der Waals surface area contributed by atoms with Crippen molar-refractivity contribution < 1.29 is 18.3 Å². The van der Waals surface area contributed by atoms with E-state index in [0.717, 1.165) is 0 Å². The van der Waals surface area contributed by atoms with Crippen molar-refractivity contribution >= 4 is 57.5 Å². The number of Topliss-reactive ketones (excluding diaryl/α,β-unsaturated/α-hetero) is 1. The number of ether oxygens (including phenoxy) is 1.